The van der Waals surface area contributed by atoms with E-state index in [1.807, 2.05) is 0 Å². The third-order valence-corrected chi connectivity index (χ3v) is 2.65. The normalized spacial score (nSPS) is 43.1. The molecule has 13 heavy (non-hydrogen) atoms. The second kappa shape index (κ2) is 2.82. The fraction of sp³-hybridized carbons (Fsp3) is 0.818. The number of hydrogen-bond donors (Lipinski definition) is 0. The molecule has 2 heterocycles. The van der Waals surface area contributed by atoms with Gasteiger partial charge in [-0.1, -0.05) is 19.1 Å². The van der Waals surface area contributed by atoms with Crippen LogP contribution in [0.5, 0.6) is 0 Å². The Labute approximate surface area is 79.9 Å². The molecule has 1 fully saturated rings. The van der Waals surface area contributed by atoms with Crippen molar-refractivity contribution in [3.63, 3.8) is 0 Å². The van der Waals surface area contributed by atoms with E-state index in [0.29, 0.717) is 5.92 Å². The smallest absolute Gasteiger partial charge is 0.103 e. The first kappa shape index (κ1) is 9.22. The van der Waals surface area contributed by atoms with Crippen LogP contribution in [0.15, 0.2) is 12.2 Å². The van der Waals surface area contributed by atoms with E-state index in [2.05, 4.69) is 39.8 Å². The van der Waals surface area contributed by atoms with Crippen molar-refractivity contribution in [1.82, 2.24) is 0 Å². The molecule has 0 amide bonds. The van der Waals surface area contributed by atoms with E-state index in [1.165, 1.54) is 0 Å². The molecule has 4 atom stereocenters. The molecule has 0 N–H and O–H groups in total. The summed E-state index contributed by atoms with van der Waals surface area (Å²) in [5, 5.41) is 0. The van der Waals surface area contributed by atoms with Gasteiger partial charge >= 0.3 is 0 Å². The van der Waals surface area contributed by atoms with Crippen LogP contribution < -0.4 is 0 Å². The fourth-order valence-electron chi connectivity index (χ4n) is 2.05. The van der Waals surface area contributed by atoms with Crippen LogP contribution in [0.2, 0.25) is 0 Å². The van der Waals surface area contributed by atoms with Crippen LogP contribution in [0.25, 0.3) is 0 Å². The van der Waals surface area contributed by atoms with Gasteiger partial charge in [-0.05, 0) is 20.8 Å². The molecule has 2 bridgehead atoms. The topological polar surface area (TPSA) is 18.5 Å². The maximum Gasteiger partial charge on any atom is 0.103 e. The average molecular weight is 182 g/mol. The average Bonchev–Trinajstić information content (AvgIpc) is 2.51. The van der Waals surface area contributed by atoms with Gasteiger partial charge in [-0.3, -0.25) is 0 Å². The fourth-order valence-corrected chi connectivity index (χ4v) is 2.05. The standard InChI is InChI=1S/C11H18O2/c1-7-8-5-6-9(12-8)10(7)13-11(2,3)4/h5-10H,1-4H3. The molecule has 0 aliphatic carbocycles. The van der Waals surface area contributed by atoms with Crippen LogP contribution in [0.3, 0.4) is 0 Å². The van der Waals surface area contributed by atoms with Gasteiger partial charge in [0.05, 0.1) is 17.8 Å². The minimum Gasteiger partial charge on any atom is -0.369 e. The lowest BCUT2D eigenvalue weighted by Gasteiger charge is -2.30. The highest BCUT2D eigenvalue weighted by Crippen LogP contribution is 2.37. The molecule has 2 aliphatic heterocycles. The van der Waals surface area contributed by atoms with Crippen molar-refractivity contribution < 1.29 is 9.47 Å². The van der Waals surface area contributed by atoms with E-state index in [-0.39, 0.29) is 23.9 Å². The lowest BCUT2D eigenvalue weighted by Crippen LogP contribution is -2.37. The van der Waals surface area contributed by atoms with E-state index < -0.39 is 0 Å². The van der Waals surface area contributed by atoms with Crippen molar-refractivity contribution in [2.24, 2.45) is 5.92 Å². The molecule has 0 aromatic rings. The van der Waals surface area contributed by atoms with Crippen LogP contribution >= 0.6 is 0 Å². The van der Waals surface area contributed by atoms with Crippen LogP contribution in [-0.4, -0.2) is 23.9 Å². The summed E-state index contributed by atoms with van der Waals surface area (Å²) >= 11 is 0. The number of fused-ring (bicyclic) bond motifs is 2. The zero-order valence-electron chi connectivity index (χ0n) is 8.78. The van der Waals surface area contributed by atoms with E-state index in [0.717, 1.165) is 0 Å². The van der Waals surface area contributed by atoms with Gasteiger partial charge in [-0.25, -0.2) is 0 Å². The maximum absolute atomic E-state index is 5.97. The third kappa shape index (κ3) is 1.65. The molecule has 0 aromatic heterocycles. The summed E-state index contributed by atoms with van der Waals surface area (Å²) in [7, 11) is 0. The molecular formula is C11H18O2. The quantitative estimate of drug-likeness (QED) is 0.578. The molecule has 0 radical (unpaired) electrons. The molecule has 2 nitrogen and oxygen atoms in total. The van der Waals surface area contributed by atoms with E-state index in [9.17, 15) is 0 Å². The molecule has 0 aromatic carbocycles. The van der Waals surface area contributed by atoms with Gasteiger partial charge in [-0.15, -0.1) is 0 Å². The molecule has 2 rings (SSSR count). The molecule has 1 saturated heterocycles. The first-order valence-electron chi connectivity index (χ1n) is 4.99. The zero-order chi connectivity index (χ0) is 9.64. The minimum atomic E-state index is -0.0688. The van der Waals surface area contributed by atoms with Crippen molar-refractivity contribution in [2.75, 3.05) is 0 Å². The van der Waals surface area contributed by atoms with Crippen molar-refractivity contribution in [3.05, 3.63) is 12.2 Å². The van der Waals surface area contributed by atoms with Crippen LogP contribution in [0.4, 0.5) is 0 Å². The summed E-state index contributed by atoms with van der Waals surface area (Å²) in [5.41, 5.74) is -0.0688. The Morgan fingerprint density at radius 3 is 2.23 bits per heavy atom. The number of ether oxygens (including phenoxy) is 2. The first-order valence-corrected chi connectivity index (χ1v) is 4.99. The second-order valence-corrected chi connectivity index (χ2v) is 5.00. The molecule has 4 unspecified atom stereocenters. The van der Waals surface area contributed by atoms with Gasteiger partial charge in [-0.2, -0.15) is 0 Å². The minimum absolute atomic E-state index is 0.0688. The summed E-state index contributed by atoms with van der Waals surface area (Å²) in [6, 6.07) is 0. The highest BCUT2D eigenvalue weighted by Gasteiger charge is 2.45. The first-order chi connectivity index (χ1) is 5.97. The van der Waals surface area contributed by atoms with Gasteiger partial charge in [0.25, 0.3) is 0 Å². The highest BCUT2D eigenvalue weighted by atomic mass is 16.6. The van der Waals surface area contributed by atoms with Crippen molar-refractivity contribution in [2.45, 2.75) is 51.6 Å². The predicted octanol–water partition coefficient (Wildman–Crippen LogP) is 2.14. The monoisotopic (exact) mass is 182 g/mol. The summed E-state index contributed by atoms with van der Waals surface area (Å²) in [4.78, 5) is 0. The van der Waals surface area contributed by atoms with Gasteiger partial charge < -0.3 is 9.47 Å². The van der Waals surface area contributed by atoms with Crippen molar-refractivity contribution >= 4 is 0 Å². The predicted molar refractivity (Wildman–Crippen MR) is 51.6 cm³/mol. The Kier molecular flexibility index (Phi) is 2.00. The molecule has 2 aliphatic rings. The maximum atomic E-state index is 5.97. The SMILES string of the molecule is CC1C2C=CC(O2)C1OC(C)(C)C. The van der Waals surface area contributed by atoms with Crippen molar-refractivity contribution in [1.29, 1.82) is 0 Å². The molecule has 74 valence electrons. The highest BCUT2D eigenvalue weighted by molar-refractivity contribution is 5.14. The van der Waals surface area contributed by atoms with Gasteiger partial charge in [0.15, 0.2) is 0 Å². The van der Waals surface area contributed by atoms with E-state index in [4.69, 9.17) is 9.47 Å². The summed E-state index contributed by atoms with van der Waals surface area (Å²) in [5.74, 6) is 0.495. The van der Waals surface area contributed by atoms with Crippen LogP contribution in [0.1, 0.15) is 27.7 Å². The Bertz CT molecular complexity index is 227. The zero-order valence-corrected chi connectivity index (χ0v) is 8.78. The Balaban J connectivity index is 2.05. The second-order valence-electron chi connectivity index (χ2n) is 5.00. The van der Waals surface area contributed by atoms with Gasteiger partial charge in [0.2, 0.25) is 0 Å². The summed E-state index contributed by atoms with van der Waals surface area (Å²) in [6.07, 6.45) is 5.01. The Morgan fingerprint density at radius 1 is 1.15 bits per heavy atom. The van der Waals surface area contributed by atoms with E-state index >= 15 is 0 Å². The third-order valence-electron chi connectivity index (χ3n) is 2.65. The summed E-state index contributed by atoms with van der Waals surface area (Å²) < 4.78 is 11.7. The molecule has 0 saturated carbocycles. The number of hydrogen-bond acceptors (Lipinski definition) is 2. The van der Waals surface area contributed by atoms with Gasteiger partial charge in [0.1, 0.15) is 6.10 Å². The molecule has 0 spiro atoms. The lowest BCUT2D eigenvalue weighted by atomic mass is 9.92. The Hall–Kier alpha value is -0.340. The van der Waals surface area contributed by atoms with Crippen LogP contribution in [0, 0.1) is 5.92 Å². The largest absolute Gasteiger partial charge is 0.369 e. The molecular weight excluding hydrogens is 164 g/mol. The van der Waals surface area contributed by atoms with Crippen LogP contribution in [-0.2, 0) is 9.47 Å². The van der Waals surface area contributed by atoms with Gasteiger partial charge in [0, 0.05) is 5.92 Å². The Morgan fingerprint density at radius 2 is 1.77 bits per heavy atom. The lowest BCUT2D eigenvalue weighted by molar-refractivity contribution is -0.0864. The van der Waals surface area contributed by atoms with E-state index in [1.54, 1.807) is 0 Å². The van der Waals surface area contributed by atoms with Crippen molar-refractivity contribution in [3.8, 4) is 0 Å². The summed E-state index contributed by atoms with van der Waals surface area (Å²) in [6.45, 7) is 8.48. The number of rotatable bonds is 1. The molecule has 2 heteroatoms.